The summed E-state index contributed by atoms with van der Waals surface area (Å²) in [5.74, 6) is 0.543. The van der Waals surface area contributed by atoms with Gasteiger partial charge in [0.05, 0.1) is 26.8 Å². The van der Waals surface area contributed by atoms with Crippen molar-refractivity contribution in [3.63, 3.8) is 0 Å². The fourth-order valence-corrected chi connectivity index (χ4v) is 4.83. The van der Waals surface area contributed by atoms with Gasteiger partial charge in [-0.3, -0.25) is 4.79 Å². The highest BCUT2D eigenvalue weighted by molar-refractivity contribution is 7.21. The van der Waals surface area contributed by atoms with E-state index in [-0.39, 0.29) is 10.6 Å². The summed E-state index contributed by atoms with van der Waals surface area (Å²) in [6.45, 7) is 0.815. The molecule has 1 aromatic carbocycles. The van der Waals surface area contributed by atoms with Crippen molar-refractivity contribution in [2.24, 2.45) is 11.7 Å². The van der Waals surface area contributed by atoms with Crippen LogP contribution in [-0.2, 0) is 0 Å². The van der Waals surface area contributed by atoms with Crippen LogP contribution in [0, 0.1) is 5.92 Å². The molecule has 0 aliphatic heterocycles. The molecule has 28 heavy (non-hydrogen) atoms. The molecule has 9 heteroatoms. The maximum atomic E-state index is 11.8. The minimum atomic E-state index is -0.582. The quantitative estimate of drug-likeness (QED) is 0.525. The largest absolute Gasteiger partial charge is 0.397 e. The standard InChI is InChI=1S/C19H19Cl2N5OS/c20-11-6-5-10(7-12(11)21)15-13-14(22)16(17(23)27)28-18(13)26-19(25-15)24-8-9-3-1-2-4-9/h5-7,9H,1-4,8,22H2,(H2,23,27)(H,24,25,26). The second kappa shape index (κ2) is 7.73. The third-order valence-electron chi connectivity index (χ3n) is 5.03. The van der Waals surface area contributed by atoms with Crippen molar-refractivity contribution in [1.82, 2.24) is 9.97 Å². The van der Waals surface area contributed by atoms with Crippen molar-refractivity contribution in [1.29, 1.82) is 0 Å². The van der Waals surface area contributed by atoms with Crippen LogP contribution in [0.4, 0.5) is 11.6 Å². The van der Waals surface area contributed by atoms with Crippen LogP contribution >= 0.6 is 34.5 Å². The first kappa shape index (κ1) is 19.2. The average Bonchev–Trinajstić information content (AvgIpc) is 3.30. The van der Waals surface area contributed by atoms with Gasteiger partial charge >= 0.3 is 0 Å². The number of amides is 1. The number of nitrogens with one attached hydrogen (secondary N) is 1. The highest BCUT2D eigenvalue weighted by atomic mass is 35.5. The molecule has 146 valence electrons. The van der Waals surface area contributed by atoms with E-state index in [0.29, 0.717) is 37.8 Å². The van der Waals surface area contributed by atoms with Crippen molar-refractivity contribution in [2.45, 2.75) is 25.7 Å². The van der Waals surface area contributed by atoms with E-state index in [2.05, 4.69) is 15.3 Å². The highest BCUT2D eigenvalue weighted by Gasteiger charge is 2.22. The smallest absolute Gasteiger partial charge is 0.260 e. The van der Waals surface area contributed by atoms with E-state index in [4.69, 9.17) is 34.7 Å². The Balaban J connectivity index is 1.83. The molecule has 1 aliphatic carbocycles. The zero-order valence-electron chi connectivity index (χ0n) is 15.0. The molecule has 0 spiro atoms. The molecule has 0 bridgehead atoms. The number of nitrogens with two attached hydrogens (primary N) is 2. The number of hydrogen-bond acceptors (Lipinski definition) is 6. The summed E-state index contributed by atoms with van der Waals surface area (Å²) < 4.78 is 0. The summed E-state index contributed by atoms with van der Waals surface area (Å²) in [7, 11) is 0. The predicted molar refractivity (Wildman–Crippen MR) is 116 cm³/mol. The Morgan fingerprint density at radius 3 is 2.64 bits per heavy atom. The van der Waals surface area contributed by atoms with E-state index in [1.807, 2.05) is 6.07 Å². The van der Waals surface area contributed by atoms with Crippen LogP contribution in [-0.4, -0.2) is 22.4 Å². The summed E-state index contributed by atoms with van der Waals surface area (Å²) in [4.78, 5) is 21.9. The molecule has 4 rings (SSSR count). The molecular weight excluding hydrogens is 417 g/mol. The number of nitrogen functional groups attached to an aromatic ring is 1. The van der Waals surface area contributed by atoms with E-state index in [1.165, 1.54) is 37.0 Å². The monoisotopic (exact) mass is 435 g/mol. The molecule has 5 N–H and O–H groups in total. The molecule has 6 nitrogen and oxygen atoms in total. The van der Waals surface area contributed by atoms with Gasteiger partial charge in [-0.2, -0.15) is 0 Å². The Kier molecular flexibility index (Phi) is 5.31. The van der Waals surface area contributed by atoms with Gasteiger partial charge in [-0.25, -0.2) is 9.97 Å². The van der Waals surface area contributed by atoms with Gasteiger partial charge in [0.25, 0.3) is 5.91 Å². The molecule has 1 amide bonds. The number of nitrogens with zero attached hydrogens (tertiary/aromatic N) is 2. The second-order valence-corrected chi connectivity index (χ2v) is 8.76. The molecule has 0 radical (unpaired) electrons. The third-order valence-corrected chi connectivity index (χ3v) is 6.88. The second-order valence-electron chi connectivity index (χ2n) is 6.95. The number of carbonyl (C=O) groups excluding carboxylic acids is 1. The maximum absolute atomic E-state index is 11.8. The number of carbonyl (C=O) groups is 1. The van der Waals surface area contributed by atoms with Crippen LogP contribution in [0.25, 0.3) is 21.5 Å². The Labute approximate surface area is 176 Å². The van der Waals surface area contributed by atoms with E-state index in [0.717, 1.165) is 12.1 Å². The van der Waals surface area contributed by atoms with Crippen molar-refractivity contribution < 1.29 is 4.79 Å². The predicted octanol–water partition coefficient (Wildman–Crippen LogP) is 4.95. The number of primary amides is 1. The van der Waals surface area contributed by atoms with Crippen LogP contribution in [0.2, 0.25) is 10.0 Å². The lowest BCUT2D eigenvalue weighted by atomic mass is 10.1. The Bertz CT molecular complexity index is 1060. The van der Waals surface area contributed by atoms with Crippen LogP contribution in [0.5, 0.6) is 0 Å². The number of anilines is 2. The van der Waals surface area contributed by atoms with Gasteiger partial charge in [0.15, 0.2) is 0 Å². The molecule has 1 saturated carbocycles. The van der Waals surface area contributed by atoms with E-state index >= 15 is 0 Å². The molecule has 0 saturated heterocycles. The molecule has 1 fully saturated rings. The lowest BCUT2D eigenvalue weighted by Gasteiger charge is -2.12. The zero-order chi connectivity index (χ0) is 19.8. The van der Waals surface area contributed by atoms with Crippen LogP contribution < -0.4 is 16.8 Å². The number of benzene rings is 1. The first-order valence-electron chi connectivity index (χ1n) is 9.03. The highest BCUT2D eigenvalue weighted by Crippen LogP contribution is 2.40. The molecule has 0 atom stereocenters. The Morgan fingerprint density at radius 1 is 1.21 bits per heavy atom. The minimum absolute atomic E-state index is 0.276. The van der Waals surface area contributed by atoms with Crippen LogP contribution in [0.15, 0.2) is 18.2 Å². The lowest BCUT2D eigenvalue weighted by molar-refractivity contribution is 0.100. The van der Waals surface area contributed by atoms with E-state index in [1.54, 1.807) is 12.1 Å². The fourth-order valence-electron chi connectivity index (χ4n) is 3.59. The Hall–Kier alpha value is -2.09. The Morgan fingerprint density at radius 2 is 1.96 bits per heavy atom. The van der Waals surface area contributed by atoms with E-state index in [9.17, 15) is 4.79 Å². The van der Waals surface area contributed by atoms with Crippen molar-refractivity contribution in [3.8, 4) is 11.3 Å². The number of aromatic nitrogens is 2. The minimum Gasteiger partial charge on any atom is -0.397 e. The SMILES string of the molecule is NC(=O)c1sc2nc(NCC3CCCC3)nc(-c3ccc(Cl)c(Cl)c3)c2c1N. The number of thiophene rings is 1. The summed E-state index contributed by atoms with van der Waals surface area (Å²) in [6, 6.07) is 5.25. The zero-order valence-corrected chi connectivity index (χ0v) is 17.3. The van der Waals surface area contributed by atoms with Gasteiger partial charge in [0.1, 0.15) is 9.71 Å². The molecular formula is C19H19Cl2N5OS. The van der Waals surface area contributed by atoms with Gasteiger partial charge in [-0.1, -0.05) is 42.1 Å². The number of rotatable bonds is 5. The van der Waals surface area contributed by atoms with Gasteiger partial charge in [-0.05, 0) is 30.9 Å². The number of hydrogen-bond donors (Lipinski definition) is 3. The van der Waals surface area contributed by atoms with Gasteiger partial charge < -0.3 is 16.8 Å². The fraction of sp³-hybridized carbons (Fsp3) is 0.316. The molecule has 1 aliphatic rings. The summed E-state index contributed by atoms with van der Waals surface area (Å²) in [5, 5.41) is 4.80. The van der Waals surface area contributed by atoms with Crippen molar-refractivity contribution in [3.05, 3.63) is 33.1 Å². The van der Waals surface area contributed by atoms with Crippen molar-refractivity contribution in [2.75, 3.05) is 17.6 Å². The summed E-state index contributed by atoms with van der Waals surface area (Å²) in [5.41, 5.74) is 13.3. The van der Waals surface area contributed by atoms with Crippen LogP contribution in [0.3, 0.4) is 0 Å². The topological polar surface area (TPSA) is 107 Å². The third kappa shape index (κ3) is 3.62. The van der Waals surface area contributed by atoms with Gasteiger partial charge in [-0.15, -0.1) is 11.3 Å². The normalized spacial score (nSPS) is 14.6. The molecule has 2 aromatic heterocycles. The first-order chi connectivity index (χ1) is 13.4. The summed E-state index contributed by atoms with van der Waals surface area (Å²) in [6.07, 6.45) is 4.97. The van der Waals surface area contributed by atoms with E-state index < -0.39 is 5.91 Å². The lowest BCUT2D eigenvalue weighted by Crippen LogP contribution is -2.13. The van der Waals surface area contributed by atoms with Gasteiger partial charge in [0.2, 0.25) is 5.95 Å². The van der Waals surface area contributed by atoms with Crippen molar-refractivity contribution >= 4 is 62.3 Å². The first-order valence-corrected chi connectivity index (χ1v) is 10.6. The summed E-state index contributed by atoms with van der Waals surface area (Å²) >= 11 is 13.4. The maximum Gasteiger partial charge on any atom is 0.260 e. The molecule has 2 heterocycles. The van der Waals surface area contributed by atoms with Crippen LogP contribution in [0.1, 0.15) is 35.4 Å². The number of halogens is 2. The molecule has 0 unspecified atom stereocenters. The number of fused-ring (bicyclic) bond motifs is 1. The average molecular weight is 436 g/mol. The molecule has 3 aromatic rings. The van der Waals surface area contributed by atoms with Gasteiger partial charge in [0, 0.05) is 12.1 Å².